The highest BCUT2D eigenvalue weighted by Gasteiger charge is 2.37. The average Bonchev–Trinajstić information content (AvgIpc) is 3.33. The van der Waals surface area contributed by atoms with E-state index < -0.39 is 0 Å². The average molecular weight is 466 g/mol. The molecule has 5 rings (SSSR count). The summed E-state index contributed by atoms with van der Waals surface area (Å²) in [6, 6.07) is 7.15. The number of hydrogen-bond acceptors (Lipinski definition) is 7. The molecule has 2 aliphatic rings. The predicted octanol–water partition coefficient (Wildman–Crippen LogP) is 3.87. The first-order chi connectivity index (χ1) is 16.0. The number of benzene rings is 1. The number of halogens is 1. The standard InChI is InChI=1S/C23H24ClN7O2/c1-30-13-16(10-26-30)28-23-25-11-19(24)20(29-23)27-15-6-4-5-14(9-15)12-31-21(32)17-7-2-3-8-18(17)22(31)33/h2-3,7-8,10-11,13-15H,4-6,9,12H2,1H3,(H2,25,27,28,29). The number of imide groups is 1. The van der Waals surface area contributed by atoms with Crippen LogP contribution in [0.3, 0.4) is 0 Å². The quantitative estimate of drug-likeness (QED) is 0.532. The van der Waals surface area contributed by atoms with Crippen molar-refractivity contribution in [1.82, 2.24) is 24.6 Å². The van der Waals surface area contributed by atoms with Gasteiger partial charge in [-0.2, -0.15) is 10.1 Å². The Morgan fingerprint density at radius 1 is 1.12 bits per heavy atom. The molecule has 3 heterocycles. The molecule has 170 valence electrons. The van der Waals surface area contributed by atoms with Gasteiger partial charge < -0.3 is 10.6 Å². The second kappa shape index (κ2) is 8.82. The van der Waals surface area contributed by atoms with Crippen LogP contribution in [0.5, 0.6) is 0 Å². The summed E-state index contributed by atoms with van der Waals surface area (Å²) in [7, 11) is 1.84. The number of nitrogens with one attached hydrogen (secondary N) is 2. The second-order valence-electron chi connectivity index (χ2n) is 8.56. The van der Waals surface area contributed by atoms with Gasteiger partial charge in [0.2, 0.25) is 5.95 Å². The zero-order chi connectivity index (χ0) is 22.9. The molecule has 0 bridgehead atoms. The minimum absolute atomic E-state index is 0.137. The summed E-state index contributed by atoms with van der Waals surface area (Å²) in [5.41, 5.74) is 1.77. The fraction of sp³-hybridized carbons (Fsp3) is 0.348. The number of carbonyl (C=O) groups excluding carboxylic acids is 2. The van der Waals surface area contributed by atoms with Crippen LogP contribution in [-0.2, 0) is 7.05 Å². The zero-order valence-corrected chi connectivity index (χ0v) is 18.9. The topological polar surface area (TPSA) is 105 Å². The van der Waals surface area contributed by atoms with E-state index in [4.69, 9.17) is 11.6 Å². The molecule has 10 heteroatoms. The number of rotatable bonds is 6. The Kier molecular flexibility index (Phi) is 5.72. The maximum absolute atomic E-state index is 12.7. The van der Waals surface area contributed by atoms with E-state index in [0.717, 1.165) is 31.4 Å². The largest absolute Gasteiger partial charge is 0.366 e. The molecule has 1 aliphatic carbocycles. The van der Waals surface area contributed by atoms with Gasteiger partial charge >= 0.3 is 0 Å². The molecule has 2 N–H and O–H groups in total. The summed E-state index contributed by atoms with van der Waals surface area (Å²) in [5, 5.41) is 11.1. The van der Waals surface area contributed by atoms with E-state index in [0.29, 0.717) is 34.5 Å². The van der Waals surface area contributed by atoms with Crippen LogP contribution >= 0.6 is 11.6 Å². The summed E-state index contributed by atoms with van der Waals surface area (Å²) in [4.78, 5) is 35.6. The Balaban J connectivity index is 1.24. The molecule has 1 aliphatic heterocycles. The van der Waals surface area contributed by atoms with Gasteiger partial charge in [-0.25, -0.2) is 4.98 Å². The first-order valence-electron chi connectivity index (χ1n) is 11.0. The van der Waals surface area contributed by atoms with Crippen molar-refractivity contribution in [2.45, 2.75) is 31.7 Å². The number of anilines is 3. The number of hydrogen-bond donors (Lipinski definition) is 2. The molecule has 1 saturated carbocycles. The van der Waals surface area contributed by atoms with Crippen LogP contribution in [-0.4, -0.2) is 49.0 Å². The monoisotopic (exact) mass is 465 g/mol. The van der Waals surface area contributed by atoms with Crippen molar-refractivity contribution in [2.24, 2.45) is 13.0 Å². The number of aryl methyl sites for hydroxylation is 1. The first kappa shape index (κ1) is 21.4. The molecule has 2 atom stereocenters. The maximum atomic E-state index is 12.7. The number of aromatic nitrogens is 4. The fourth-order valence-electron chi connectivity index (χ4n) is 4.59. The molecular weight excluding hydrogens is 442 g/mol. The van der Waals surface area contributed by atoms with Crippen molar-refractivity contribution >= 4 is 40.9 Å². The van der Waals surface area contributed by atoms with Crippen LogP contribution in [0.25, 0.3) is 0 Å². The Hall–Kier alpha value is -3.46. The molecule has 1 fully saturated rings. The van der Waals surface area contributed by atoms with Crippen molar-refractivity contribution in [2.75, 3.05) is 17.2 Å². The van der Waals surface area contributed by atoms with Crippen LogP contribution < -0.4 is 10.6 Å². The molecule has 0 saturated heterocycles. The third-order valence-corrected chi connectivity index (χ3v) is 6.42. The number of fused-ring (bicyclic) bond motifs is 1. The molecular formula is C23H24ClN7O2. The van der Waals surface area contributed by atoms with Gasteiger partial charge in [-0.1, -0.05) is 30.2 Å². The van der Waals surface area contributed by atoms with Crippen molar-refractivity contribution in [1.29, 1.82) is 0 Å². The molecule has 0 radical (unpaired) electrons. The normalized spacial score (nSPS) is 20.1. The smallest absolute Gasteiger partial charge is 0.261 e. The van der Waals surface area contributed by atoms with Crippen molar-refractivity contribution < 1.29 is 9.59 Å². The highest BCUT2D eigenvalue weighted by atomic mass is 35.5. The molecule has 2 unspecified atom stereocenters. The van der Waals surface area contributed by atoms with Gasteiger partial charge in [0, 0.05) is 25.8 Å². The Morgan fingerprint density at radius 3 is 2.58 bits per heavy atom. The molecule has 3 aromatic rings. The van der Waals surface area contributed by atoms with Crippen LogP contribution in [0.1, 0.15) is 46.4 Å². The lowest BCUT2D eigenvalue weighted by atomic mass is 9.85. The SMILES string of the molecule is Cn1cc(Nc2ncc(Cl)c(NC3CCCC(CN4C(=O)c5ccccc5C4=O)C3)n2)cn1. The molecule has 0 spiro atoms. The van der Waals surface area contributed by atoms with Gasteiger partial charge in [-0.15, -0.1) is 0 Å². The summed E-state index contributed by atoms with van der Waals surface area (Å²) >= 11 is 6.36. The van der Waals surface area contributed by atoms with Crippen LogP contribution in [0, 0.1) is 5.92 Å². The van der Waals surface area contributed by atoms with E-state index in [1.165, 1.54) is 4.90 Å². The summed E-state index contributed by atoms with van der Waals surface area (Å²) in [6.07, 6.45) is 8.83. The van der Waals surface area contributed by atoms with Gasteiger partial charge in [0.1, 0.15) is 5.02 Å². The van der Waals surface area contributed by atoms with E-state index in [9.17, 15) is 9.59 Å². The van der Waals surface area contributed by atoms with Crippen LogP contribution in [0.2, 0.25) is 5.02 Å². The second-order valence-corrected chi connectivity index (χ2v) is 8.97. The minimum Gasteiger partial charge on any atom is -0.366 e. The third-order valence-electron chi connectivity index (χ3n) is 6.15. The van der Waals surface area contributed by atoms with Crippen LogP contribution in [0.15, 0.2) is 42.9 Å². The Bertz CT molecular complexity index is 1180. The highest BCUT2D eigenvalue weighted by molar-refractivity contribution is 6.32. The van der Waals surface area contributed by atoms with Crippen LogP contribution in [0.4, 0.5) is 17.5 Å². The molecule has 1 aromatic carbocycles. The summed E-state index contributed by atoms with van der Waals surface area (Å²) < 4.78 is 1.69. The number of nitrogens with zero attached hydrogens (tertiary/aromatic N) is 5. The van der Waals surface area contributed by atoms with Gasteiger partial charge in [-0.05, 0) is 37.3 Å². The maximum Gasteiger partial charge on any atom is 0.261 e. The first-order valence-corrected chi connectivity index (χ1v) is 11.4. The van der Waals surface area contributed by atoms with E-state index >= 15 is 0 Å². The highest BCUT2D eigenvalue weighted by Crippen LogP contribution is 2.32. The summed E-state index contributed by atoms with van der Waals surface area (Å²) in [6.45, 7) is 0.426. The minimum atomic E-state index is -0.198. The zero-order valence-electron chi connectivity index (χ0n) is 18.2. The lowest BCUT2D eigenvalue weighted by Crippen LogP contribution is -2.38. The van der Waals surface area contributed by atoms with Crippen molar-refractivity contribution in [3.8, 4) is 0 Å². The third kappa shape index (κ3) is 4.41. The van der Waals surface area contributed by atoms with Crippen molar-refractivity contribution in [3.63, 3.8) is 0 Å². The van der Waals surface area contributed by atoms with E-state index in [2.05, 4.69) is 25.7 Å². The lowest BCUT2D eigenvalue weighted by Gasteiger charge is -2.32. The number of carbonyl (C=O) groups is 2. The number of amides is 2. The van der Waals surface area contributed by atoms with Gasteiger partial charge in [-0.3, -0.25) is 19.2 Å². The molecule has 9 nitrogen and oxygen atoms in total. The van der Waals surface area contributed by atoms with E-state index in [-0.39, 0.29) is 23.8 Å². The Labute approximate surface area is 196 Å². The Morgan fingerprint density at radius 2 is 1.88 bits per heavy atom. The molecule has 33 heavy (non-hydrogen) atoms. The predicted molar refractivity (Wildman–Crippen MR) is 125 cm³/mol. The van der Waals surface area contributed by atoms with Gasteiger partial charge in [0.15, 0.2) is 5.82 Å². The lowest BCUT2D eigenvalue weighted by molar-refractivity contribution is 0.0614. The summed E-state index contributed by atoms with van der Waals surface area (Å²) in [5.74, 6) is 0.802. The molecule has 2 amide bonds. The molecule has 2 aromatic heterocycles. The van der Waals surface area contributed by atoms with Gasteiger partial charge in [0.05, 0.1) is 29.2 Å². The van der Waals surface area contributed by atoms with E-state index in [1.54, 1.807) is 41.3 Å². The van der Waals surface area contributed by atoms with E-state index in [1.807, 2.05) is 13.2 Å². The van der Waals surface area contributed by atoms with Crippen molar-refractivity contribution in [3.05, 3.63) is 59.0 Å². The fourth-order valence-corrected chi connectivity index (χ4v) is 4.73. The van der Waals surface area contributed by atoms with Gasteiger partial charge in [0.25, 0.3) is 11.8 Å².